The van der Waals surface area contributed by atoms with Crippen LogP contribution < -0.4 is 10.1 Å². The van der Waals surface area contributed by atoms with E-state index in [1.807, 2.05) is 36.4 Å². The molecule has 2 rings (SSSR count). The quantitative estimate of drug-likeness (QED) is 0.788. The number of nitrogens with zero attached hydrogens (tertiary/aromatic N) is 2. The van der Waals surface area contributed by atoms with Gasteiger partial charge in [-0.15, -0.1) is 11.8 Å². The fourth-order valence-electron chi connectivity index (χ4n) is 1.87. The Bertz CT molecular complexity index is 803. The Morgan fingerprint density at radius 3 is 2.46 bits per heavy atom. The van der Waals surface area contributed by atoms with Crippen molar-refractivity contribution in [1.29, 1.82) is 10.5 Å². The number of hydrogen-bond donors (Lipinski definition) is 1. The predicted octanol–water partition coefficient (Wildman–Crippen LogP) is 4.44. The van der Waals surface area contributed by atoms with Crippen LogP contribution in [-0.2, 0) is 5.75 Å². The lowest BCUT2D eigenvalue weighted by Gasteiger charge is -2.11. The van der Waals surface area contributed by atoms with Gasteiger partial charge in [-0.05, 0) is 35.9 Å². The number of ether oxygens (including phenoxy) is 1. The van der Waals surface area contributed by atoms with Gasteiger partial charge in [0, 0.05) is 11.4 Å². The van der Waals surface area contributed by atoms with Crippen molar-refractivity contribution in [3.8, 4) is 17.9 Å². The zero-order valence-corrected chi connectivity index (χ0v) is 13.7. The second-order valence-corrected chi connectivity index (χ2v) is 5.69. The van der Waals surface area contributed by atoms with Gasteiger partial charge in [-0.25, -0.2) is 4.39 Å². The highest BCUT2D eigenvalue weighted by Crippen LogP contribution is 2.27. The Kier molecular flexibility index (Phi) is 6.24. The highest BCUT2D eigenvalue weighted by Gasteiger charge is 2.09. The summed E-state index contributed by atoms with van der Waals surface area (Å²) in [5.74, 6) is 0.913. The Labute approximate surface area is 144 Å². The summed E-state index contributed by atoms with van der Waals surface area (Å²) in [7, 11) is 1.60. The average Bonchev–Trinajstić information content (AvgIpc) is 2.61. The zero-order chi connectivity index (χ0) is 17.4. The number of nitriles is 2. The van der Waals surface area contributed by atoms with Gasteiger partial charge >= 0.3 is 0 Å². The normalized spacial score (nSPS) is 9.50. The Morgan fingerprint density at radius 1 is 1.17 bits per heavy atom. The number of hydrogen-bond acceptors (Lipinski definition) is 5. The maximum Gasteiger partial charge on any atom is 0.159 e. The lowest BCUT2D eigenvalue weighted by molar-refractivity contribution is 0.414. The fraction of sp³-hybridized carbons (Fsp3) is 0.111. The molecule has 0 amide bonds. The maximum atomic E-state index is 13.3. The number of halogens is 1. The molecule has 0 saturated carbocycles. The summed E-state index contributed by atoms with van der Waals surface area (Å²) in [6.07, 6.45) is 0. The number of anilines is 1. The topological polar surface area (TPSA) is 68.8 Å². The first kappa shape index (κ1) is 17.4. The van der Waals surface area contributed by atoms with Crippen molar-refractivity contribution in [3.63, 3.8) is 0 Å². The molecule has 1 N–H and O–H groups in total. The largest absolute Gasteiger partial charge is 0.497 e. The van der Waals surface area contributed by atoms with Crippen LogP contribution in [-0.4, -0.2) is 7.11 Å². The second-order valence-electron chi connectivity index (χ2n) is 4.70. The maximum absolute atomic E-state index is 13.3. The van der Waals surface area contributed by atoms with Crippen molar-refractivity contribution in [2.45, 2.75) is 5.75 Å². The Morgan fingerprint density at radius 2 is 1.88 bits per heavy atom. The lowest BCUT2D eigenvalue weighted by atomic mass is 10.2. The molecule has 24 heavy (non-hydrogen) atoms. The molecule has 4 nitrogen and oxygen atoms in total. The molecule has 0 saturated heterocycles. The van der Waals surface area contributed by atoms with E-state index in [9.17, 15) is 4.39 Å². The van der Waals surface area contributed by atoms with Crippen LogP contribution in [0.25, 0.3) is 0 Å². The first-order valence-corrected chi connectivity index (χ1v) is 7.97. The minimum absolute atomic E-state index is 0.0437. The molecule has 0 aliphatic heterocycles. The first-order valence-electron chi connectivity index (χ1n) is 6.99. The van der Waals surface area contributed by atoms with Gasteiger partial charge < -0.3 is 10.1 Å². The average molecular weight is 339 g/mol. The SMILES string of the molecule is COc1ccc(CSC(Nc2cccc(F)c2)=C(C#N)C#N)cc1. The van der Waals surface area contributed by atoms with E-state index in [4.69, 9.17) is 15.3 Å². The van der Waals surface area contributed by atoms with Gasteiger partial charge in [-0.3, -0.25) is 0 Å². The van der Waals surface area contributed by atoms with Gasteiger partial charge in [0.1, 0.15) is 28.7 Å². The Hall–Kier alpha value is -2.96. The van der Waals surface area contributed by atoms with Crippen LogP contribution in [0.3, 0.4) is 0 Å². The first-order chi connectivity index (χ1) is 11.7. The third-order valence-corrected chi connectivity index (χ3v) is 4.15. The molecule has 6 heteroatoms. The van der Waals surface area contributed by atoms with Crippen LogP contribution in [0.4, 0.5) is 10.1 Å². The molecule has 0 spiro atoms. The van der Waals surface area contributed by atoms with Crippen molar-refractivity contribution in [3.05, 3.63) is 70.5 Å². The third kappa shape index (κ3) is 4.77. The molecular weight excluding hydrogens is 325 g/mol. The van der Waals surface area contributed by atoms with Crippen LogP contribution in [0.2, 0.25) is 0 Å². The highest BCUT2D eigenvalue weighted by molar-refractivity contribution is 8.02. The summed E-state index contributed by atoms with van der Waals surface area (Å²) in [5.41, 5.74) is 1.45. The molecule has 2 aromatic carbocycles. The molecule has 0 aliphatic carbocycles. The van der Waals surface area contributed by atoms with Crippen molar-refractivity contribution >= 4 is 17.4 Å². The summed E-state index contributed by atoms with van der Waals surface area (Å²) in [6, 6.07) is 17.1. The number of thioether (sulfide) groups is 1. The standard InChI is InChI=1S/C18H14FN3OS/c1-23-17-7-5-13(6-8-17)12-24-18(14(10-20)11-21)22-16-4-2-3-15(19)9-16/h2-9,22H,12H2,1H3. The molecule has 0 unspecified atom stereocenters. The molecular formula is C18H14FN3OS. The molecule has 0 radical (unpaired) electrons. The van der Waals surface area contributed by atoms with E-state index in [0.717, 1.165) is 11.3 Å². The van der Waals surface area contributed by atoms with Crippen LogP contribution >= 0.6 is 11.8 Å². The van der Waals surface area contributed by atoms with Gasteiger partial charge in [-0.2, -0.15) is 10.5 Å². The smallest absolute Gasteiger partial charge is 0.159 e. The molecule has 2 aromatic rings. The number of methoxy groups -OCH3 is 1. The number of allylic oxidation sites excluding steroid dienone is 1. The molecule has 0 bridgehead atoms. The van der Waals surface area contributed by atoms with E-state index in [-0.39, 0.29) is 5.57 Å². The van der Waals surface area contributed by atoms with Crippen molar-refractivity contribution < 1.29 is 9.13 Å². The third-order valence-electron chi connectivity index (χ3n) is 3.08. The van der Waals surface area contributed by atoms with Crippen LogP contribution in [0.15, 0.2) is 59.1 Å². The van der Waals surface area contributed by atoms with Crippen molar-refractivity contribution in [2.24, 2.45) is 0 Å². The van der Waals surface area contributed by atoms with E-state index in [1.165, 1.54) is 23.9 Å². The molecule has 0 heterocycles. The number of benzene rings is 2. The summed E-state index contributed by atoms with van der Waals surface area (Å²) < 4.78 is 18.4. The van der Waals surface area contributed by atoms with Gasteiger partial charge in [0.25, 0.3) is 0 Å². The summed E-state index contributed by atoms with van der Waals surface area (Å²) in [6.45, 7) is 0. The van der Waals surface area contributed by atoms with E-state index >= 15 is 0 Å². The molecule has 0 aliphatic rings. The van der Waals surface area contributed by atoms with E-state index in [1.54, 1.807) is 19.2 Å². The van der Waals surface area contributed by atoms with Gasteiger partial charge in [0.05, 0.1) is 7.11 Å². The molecule has 0 fully saturated rings. The molecule has 120 valence electrons. The van der Waals surface area contributed by atoms with Gasteiger partial charge in [0.2, 0.25) is 0 Å². The summed E-state index contributed by atoms with van der Waals surface area (Å²) in [5, 5.41) is 21.6. The van der Waals surface area contributed by atoms with Crippen LogP contribution in [0.5, 0.6) is 5.75 Å². The summed E-state index contributed by atoms with van der Waals surface area (Å²) >= 11 is 1.31. The number of nitrogens with one attached hydrogen (secondary N) is 1. The zero-order valence-electron chi connectivity index (χ0n) is 12.9. The predicted molar refractivity (Wildman–Crippen MR) is 92.6 cm³/mol. The molecule has 0 atom stereocenters. The molecule has 0 aromatic heterocycles. The highest BCUT2D eigenvalue weighted by atomic mass is 32.2. The van der Waals surface area contributed by atoms with E-state index in [2.05, 4.69) is 5.32 Å². The monoisotopic (exact) mass is 339 g/mol. The Balaban J connectivity index is 2.17. The minimum atomic E-state index is -0.394. The van der Waals surface area contributed by atoms with E-state index < -0.39 is 5.82 Å². The second kappa shape index (κ2) is 8.61. The van der Waals surface area contributed by atoms with Crippen molar-refractivity contribution in [1.82, 2.24) is 0 Å². The van der Waals surface area contributed by atoms with Crippen molar-refractivity contribution in [2.75, 3.05) is 12.4 Å². The van der Waals surface area contributed by atoms with Gasteiger partial charge in [0.15, 0.2) is 5.57 Å². The fourth-order valence-corrected chi connectivity index (χ4v) is 2.80. The summed E-state index contributed by atoms with van der Waals surface area (Å²) in [4.78, 5) is 0. The lowest BCUT2D eigenvalue weighted by Crippen LogP contribution is -2.00. The van der Waals surface area contributed by atoms with Crippen LogP contribution in [0, 0.1) is 28.5 Å². The van der Waals surface area contributed by atoms with Gasteiger partial charge in [-0.1, -0.05) is 18.2 Å². The number of rotatable bonds is 6. The minimum Gasteiger partial charge on any atom is -0.497 e. The van der Waals surface area contributed by atoms with Crippen LogP contribution in [0.1, 0.15) is 5.56 Å². The van der Waals surface area contributed by atoms with E-state index in [0.29, 0.717) is 16.5 Å².